The van der Waals surface area contributed by atoms with Crippen molar-refractivity contribution in [1.82, 2.24) is 5.32 Å². The van der Waals surface area contributed by atoms with Crippen LogP contribution in [-0.2, 0) is 6.42 Å². The second-order valence-corrected chi connectivity index (χ2v) is 5.74. The van der Waals surface area contributed by atoms with Gasteiger partial charge in [0.2, 0.25) is 0 Å². The number of thiophene rings is 1. The Kier molecular flexibility index (Phi) is 4.63. The fourth-order valence-electron chi connectivity index (χ4n) is 1.84. The molecule has 0 fully saturated rings. The molecule has 1 amide bonds. The van der Waals surface area contributed by atoms with Crippen LogP contribution in [0.5, 0.6) is 5.75 Å². The number of amides is 1. The minimum absolute atomic E-state index is 0.0716. The lowest BCUT2D eigenvalue weighted by molar-refractivity contribution is 0.0958. The van der Waals surface area contributed by atoms with Crippen molar-refractivity contribution in [3.63, 3.8) is 0 Å². The van der Waals surface area contributed by atoms with E-state index in [-0.39, 0.29) is 5.91 Å². The molecule has 0 aliphatic carbocycles. The molecule has 3 N–H and O–H groups in total. The summed E-state index contributed by atoms with van der Waals surface area (Å²) >= 11 is 1.42. The first-order valence-electron chi connectivity index (χ1n) is 6.37. The molecular weight excluding hydrogens is 272 g/mol. The number of anilines is 1. The van der Waals surface area contributed by atoms with Crippen LogP contribution in [0.25, 0.3) is 0 Å². The van der Waals surface area contributed by atoms with Crippen LogP contribution >= 0.6 is 11.3 Å². The van der Waals surface area contributed by atoms with Crippen molar-refractivity contribution in [1.29, 1.82) is 0 Å². The molecule has 0 aliphatic rings. The molecule has 0 saturated carbocycles. The van der Waals surface area contributed by atoms with E-state index in [0.29, 0.717) is 17.1 Å². The van der Waals surface area contributed by atoms with E-state index in [9.17, 15) is 4.79 Å². The van der Waals surface area contributed by atoms with Gasteiger partial charge in [0.25, 0.3) is 5.91 Å². The van der Waals surface area contributed by atoms with E-state index in [1.807, 2.05) is 31.2 Å². The molecule has 20 heavy (non-hydrogen) atoms. The Balaban J connectivity index is 1.87. The van der Waals surface area contributed by atoms with E-state index in [1.165, 1.54) is 11.3 Å². The van der Waals surface area contributed by atoms with Gasteiger partial charge in [-0.15, -0.1) is 11.3 Å². The van der Waals surface area contributed by atoms with Gasteiger partial charge in [-0.25, -0.2) is 0 Å². The first kappa shape index (κ1) is 14.4. The number of nitrogens with one attached hydrogen (secondary N) is 1. The number of ether oxygens (including phenoxy) is 1. The minimum atomic E-state index is -0.0716. The highest BCUT2D eigenvalue weighted by Gasteiger charge is 2.10. The van der Waals surface area contributed by atoms with E-state index in [0.717, 1.165) is 22.6 Å². The molecule has 0 atom stereocenters. The molecule has 5 heteroatoms. The summed E-state index contributed by atoms with van der Waals surface area (Å²) in [6, 6.07) is 9.56. The maximum Gasteiger partial charge on any atom is 0.261 e. The van der Waals surface area contributed by atoms with E-state index in [4.69, 9.17) is 10.5 Å². The van der Waals surface area contributed by atoms with Crippen LogP contribution in [0, 0.1) is 6.92 Å². The van der Waals surface area contributed by atoms with Crippen molar-refractivity contribution in [3.05, 3.63) is 45.6 Å². The molecule has 1 aromatic heterocycles. The molecule has 4 nitrogen and oxygen atoms in total. The number of hydrogen-bond donors (Lipinski definition) is 2. The number of nitrogen functional groups attached to an aromatic ring is 1. The van der Waals surface area contributed by atoms with Crippen molar-refractivity contribution in [3.8, 4) is 5.75 Å². The molecule has 0 unspecified atom stereocenters. The summed E-state index contributed by atoms with van der Waals surface area (Å²) in [5.74, 6) is 0.758. The zero-order valence-electron chi connectivity index (χ0n) is 11.6. The van der Waals surface area contributed by atoms with Crippen LogP contribution in [0.2, 0.25) is 0 Å². The Morgan fingerprint density at radius 1 is 1.40 bits per heavy atom. The van der Waals surface area contributed by atoms with E-state index in [2.05, 4.69) is 5.32 Å². The highest BCUT2D eigenvalue weighted by atomic mass is 32.1. The summed E-state index contributed by atoms with van der Waals surface area (Å²) in [6.07, 6.45) is 0.767. The van der Waals surface area contributed by atoms with Gasteiger partial charge in [0.05, 0.1) is 12.0 Å². The first-order chi connectivity index (χ1) is 9.60. The average Bonchev–Trinajstić information content (AvgIpc) is 2.79. The second-order valence-electron chi connectivity index (χ2n) is 4.48. The number of carbonyl (C=O) groups is 1. The van der Waals surface area contributed by atoms with E-state index in [1.54, 1.807) is 13.2 Å². The summed E-state index contributed by atoms with van der Waals surface area (Å²) in [5.41, 5.74) is 7.55. The Morgan fingerprint density at radius 3 is 2.85 bits per heavy atom. The van der Waals surface area contributed by atoms with Crippen molar-refractivity contribution in [2.45, 2.75) is 13.3 Å². The third-order valence-electron chi connectivity index (χ3n) is 3.01. The zero-order valence-corrected chi connectivity index (χ0v) is 12.4. The quantitative estimate of drug-likeness (QED) is 0.889. The fraction of sp³-hybridized carbons (Fsp3) is 0.267. The topological polar surface area (TPSA) is 64.3 Å². The van der Waals surface area contributed by atoms with Crippen LogP contribution in [0.4, 0.5) is 5.69 Å². The minimum Gasteiger partial charge on any atom is -0.497 e. The summed E-state index contributed by atoms with van der Waals surface area (Å²) < 4.78 is 5.17. The number of aryl methyl sites for hydroxylation is 1. The Bertz CT molecular complexity index is 588. The molecule has 1 heterocycles. The summed E-state index contributed by atoms with van der Waals surface area (Å²) in [5, 5.41) is 2.90. The summed E-state index contributed by atoms with van der Waals surface area (Å²) in [7, 11) is 1.64. The number of methoxy groups -OCH3 is 1. The largest absolute Gasteiger partial charge is 0.497 e. The highest BCUT2D eigenvalue weighted by molar-refractivity contribution is 7.14. The van der Waals surface area contributed by atoms with Gasteiger partial charge in [-0.1, -0.05) is 12.1 Å². The third kappa shape index (κ3) is 3.51. The van der Waals surface area contributed by atoms with Gasteiger partial charge >= 0.3 is 0 Å². The molecule has 0 saturated heterocycles. The molecule has 0 bridgehead atoms. The van der Waals surface area contributed by atoms with Gasteiger partial charge in [-0.3, -0.25) is 4.79 Å². The third-order valence-corrected chi connectivity index (χ3v) is 4.08. The van der Waals surface area contributed by atoms with Crippen LogP contribution in [0.1, 0.15) is 20.1 Å². The number of benzene rings is 1. The van der Waals surface area contributed by atoms with Crippen molar-refractivity contribution >= 4 is 22.9 Å². The van der Waals surface area contributed by atoms with Crippen LogP contribution < -0.4 is 15.8 Å². The van der Waals surface area contributed by atoms with E-state index >= 15 is 0 Å². The summed E-state index contributed by atoms with van der Waals surface area (Å²) in [6.45, 7) is 2.50. The lowest BCUT2D eigenvalue weighted by atomic mass is 10.1. The highest BCUT2D eigenvalue weighted by Crippen LogP contribution is 2.23. The molecule has 106 valence electrons. The Morgan fingerprint density at radius 2 is 2.20 bits per heavy atom. The van der Waals surface area contributed by atoms with Crippen molar-refractivity contribution in [2.75, 3.05) is 19.4 Å². The van der Waals surface area contributed by atoms with Crippen molar-refractivity contribution in [2.24, 2.45) is 0 Å². The smallest absolute Gasteiger partial charge is 0.261 e. The number of hydrogen-bond acceptors (Lipinski definition) is 4. The number of nitrogens with two attached hydrogens (primary N) is 1. The lowest BCUT2D eigenvalue weighted by Crippen LogP contribution is -2.24. The van der Waals surface area contributed by atoms with Gasteiger partial charge in [0.1, 0.15) is 5.75 Å². The molecule has 2 aromatic rings. The van der Waals surface area contributed by atoms with Gasteiger partial charge in [-0.2, -0.15) is 0 Å². The van der Waals surface area contributed by atoms with Crippen LogP contribution in [0.15, 0.2) is 30.3 Å². The SMILES string of the molecule is COc1cccc(CCNC(=O)c2cc(N)c(C)s2)c1. The normalized spacial score (nSPS) is 10.3. The molecule has 0 radical (unpaired) electrons. The number of rotatable bonds is 5. The van der Waals surface area contributed by atoms with Crippen LogP contribution in [0.3, 0.4) is 0 Å². The van der Waals surface area contributed by atoms with Gasteiger partial charge in [0, 0.05) is 17.1 Å². The van der Waals surface area contributed by atoms with Gasteiger partial charge < -0.3 is 15.8 Å². The Labute approximate surface area is 122 Å². The maximum atomic E-state index is 11.9. The van der Waals surface area contributed by atoms with Crippen molar-refractivity contribution < 1.29 is 9.53 Å². The maximum absolute atomic E-state index is 11.9. The second kappa shape index (κ2) is 6.43. The molecule has 0 aliphatic heterocycles. The Hall–Kier alpha value is -2.01. The number of carbonyl (C=O) groups excluding carboxylic acids is 1. The predicted octanol–water partition coefficient (Wildman–Crippen LogP) is 2.62. The average molecular weight is 290 g/mol. The van der Waals surface area contributed by atoms with Crippen LogP contribution in [-0.4, -0.2) is 19.6 Å². The summed E-state index contributed by atoms with van der Waals surface area (Å²) in [4.78, 5) is 13.6. The first-order valence-corrected chi connectivity index (χ1v) is 7.19. The monoisotopic (exact) mass is 290 g/mol. The lowest BCUT2D eigenvalue weighted by Gasteiger charge is -2.05. The standard InChI is InChI=1S/C15H18N2O2S/c1-10-13(16)9-14(20-10)15(18)17-7-6-11-4-3-5-12(8-11)19-2/h3-5,8-9H,6-7,16H2,1-2H3,(H,17,18). The molecule has 1 aromatic carbocycles. The zero-order chi connectivity index (χ0) is 14.5. The van der Waals surface area contributed by atoms with Gasteiger partial charge in [0.15, 0.2) is 0 Å². The predicted molar refractivity (Wildman–Crippen MR) is 82.5 cm³/mol. The van der Waals surface area contributed by atoms with E-state index < -0.39 is 0 Å². The van der Waals surface area contributed by atoms with Gasteiger partial charge in [-0.05, 0) is 37.1 Å². The molecular formula is C15H18N2O2S. The molecule has 0 spiro atoms. The molecule has 2 rings (SSSR count). The fourth-order valence-corrected chi connectivity index (χ4v) is 2.70.